The van der Waals surface area contributed by atoms with Gasteiger partial charge in [-0.3, -0.25) is 0 Å². The van der Waals surface area contributed by atoms with Crippen molar-refractivity contribution in [3.8, 4) is 12.3 Å². The molecule has 62 valence electrons. The van der Waals surface area contributed by atoms with Crippen molar-refractivity contribution in [1.29, 1.82) is 0 Å². The summed E-state index contributed by atoms with van der Waals surface area (Å²) in [5, 5.41) is 2.99. The molecule has 0 radical (unpaired) electrons. The fraction of sp³-hybridized carbons (Fsp3) is 0.222. The van der Waals surface area contributed by atoms with Gasteiger partial charge in [0.05, 0.1) is 11.7 Å². The van der Waals surface area contributed by atoms with Crippen LogP contribution in [0.25, 0.3) is 0 Å². The monoisotopic (exact) mass is 161 g/mol. The van der Waals surface area contributed by atoms with E-state index in [9.17, 15) is 0 Å². The molecule has 0 spiro atoms. The molecule has 0 aliphatic heterocycles. The SMILES string of the molecule is C#CC(C)Nc1ncccc1N. The Hall–Kier alpha value is -1.69. The first-order valence-corrected chi connectivity index (χ1v) is 3.67. The van der Waals surface area contributed by atoms with Crippen LogP contribution in [-0.4, -0.2) is 11.0 Å². The highest BCUT2D eigenvalue weighted by Gasteiger charge is 2.00. The predicted molar refractivity (Wildman–Crippen MR) is 50.6 cm³/mol. The quantitative estimate of drug-likeness (QED) is 0.638. The van der Waals surface area contributed by atoms with Crippen LogP contribution in [0.2, 0.25) is 0 Å². The average molecular weight is 161 g/mol. The summed E-state index contributed by atoms with van der Waals surface area (Å²) in [4.78, 5) is 4.03. The second kappa shape index (κ2) is 3.63. The Morgan fingerprint density at radius 1 is 1.75 bits per heavy atom. The highest BCUT2D eigenvalue weighted by atomic mass is 15.0. The number of terminal acetylenes is 1. The van der Waals surface area contributed by atoms with Gasteiger partial charge in [0.1, 0.15) is 5.82 Å². The third-order valence-electron chi connectivity index (χ3n) is 1.44. The van der Waals surface area contributed by atoms with E-state index in [1.165, 1.54) is 0 Å². The molecular formula is C9H11N3. The number of aromatic nitrogens is 1. The van der Waals surface area contributed by atoms with Crippen molar-refractivity contribution in [2.45, 2.75) is 13.0 Å². The number of nitrogen functional groups attached to an aromatic ring is 1. The summed E-state index contributed by atoms with van der Waals surface area (Å²) in [6.07, 6.45) is 6.86. The Kier molecular flexibility index (Phi) is 2.54. The molecule has 1 aromatic heterocycles. The fourth-order valence-corrected chi connectivity index (χ4v) is 0.785. The van der Waals surface area contributed by atoms with Gasteiger partial charge in [-0.15, -0.1) is 6.42 Å². The van der Waals surface area contributed by atoms with E-state index in [2.05, 4.69) is 16.2 Å². The van der Waals surface area contributed by atoms with Crippen LogP contribution in [0.4, 0.5) is 11.5 Å². The first-order valence-electron chi connectivity index (χ1n) is 3.67. The van der Waals surface area contributed by atoms with Crippen LogP contribution in [0.5, 0.6) is 0 Å². The number of pyridine rings is 1. The first kappa shape index (κ1) is 8.41. The van der Waals surface area contributed by atoms with E-state index in [4.69, 9.17) is 12.2 Å². The molecule has 0 amide bonds. The Morgan fingerprint density at radius 2 is 2.50 bits per heavy atom. The van der Waals surface area contributed by atoms with E-state index in [1.54, 1.807) is 18.3 Å². The molecular weight excluding hydrogens is 150 g/mol. The second-order valence-electron chi connectivity index (χ2n) is 2.47. The molecule has 0 saturated carbocycles. The van der Waals surface area contributed by atoms with Crippen molar-refractivity contribution in [3.05, 3.63) is 18.3 Å². The molecule has 12 heavy (non-hydrogen) atoms. The van der Waals surface area contributed by atoms with Crippen LogP contribution >= 0.6 is 0 Å². The normalized spacial score (nSPS) is 11.7. The lowest BCUT2D eigenvalue weighted by molar-refractivity contribution is 1.02. The number of hydrogen-bond acceptors (Lipinski definition) is 3. The standard InChI is InChI=1S/C9H11N3/c1-3-7(2)12-9-8(10)5-4-6-11-9/h1,4-7H,10H2,2H3,(H,11,12). The largest absolute Gasteiger partial charge is 0.396 e. The summed E-state index contributed by atoms with van der Waals surface area (Å²) >= 11 is 0. The van der Waals surface area contributed by atoms with Gasteiger partial charge >= 0.3 is 0 Å². The van der Waals surface area contributed by atoms with Gasteiger partial charge < -0.3 is 11.1 Å². The lowest BCUT2D eigenvalue weighted by Crippen LogP contribution is -2.14. The summed E-state index contributed by atoms with van der Waals surface area (Å²) in [5.74, 6) is 3.18. The molecule has 0 saturated heterocycles. The molecule has 0 fully saturated rings. The molecule has 0 aliphatic carbocycles. The zero-order valence-electron chi connectivity index (χ0n) is 6.91. The van der Waals surface area contributed by atoms with E-state index < -0.39 is 0 Å². The lowest BCUT2D eigenvalue weighted by Gasteiger charge is -2.09. The third kappa shape index (κ3) is 1.89. The summed E-state index contributed by atoms with van der Waals surface area (Å²) in [5.41, 5.74) is 6.24. The van der Waals surface area contributed by atoms with Crippen LogP contribution in [-0.2, 0) is 0 Å². The topological polar surface area (TPSA) is 50.9 Å². The third-order valence-corrected chi connectivity index (χ3v) is 1.44. The lowest BCUT2D eigenvalue weighted by atomic mass is 10.3. The molecule has 1 rings (SSSR count). The fourth-order valence-electron chi connectivity index (χ4n) is 0.785. The maximum Gasteiger partial charge on any atom is 0.150 e. The van der Waals surface area contributed by atoms with E-state index in [0.717, 1.165) is 0 Å². The second-order valence-corrected chi connectivity index (χ2v) is 2.47. The Balaban J connectivity index is 2.77. The van der Waals surface area contributed by atoms with Crippen LogP contribution < -0.4 is 11.1 Å². The molecule has 1 unspecified atom stereocenters. The van der Waals surface area contributed by atoms with E-state index in [0.29, 0.717) is 11.5 Å². The van der Waals surface area contributed by atoms with Gasteiger partial charge in [-0.25, -0.2) is 4.98 Å². The first-order chi connectivity index (χ1) is 5.74. The van der Waals surface area contributed by atoms with Crippen molar-refractivity contribution in [1.82, 2.24) is 4.98 Å². The number of hydrogen-bond donors (Lipinski definition) is 2. The maximum absolute atomic E-state index is 5.63. The molecule has 1 atom stereocenters. The molecule has 1 heterocycles. The van der Waals surface area contributed by atoms with Crippen LogP contribution in [0.15, 0.2) is 18.3 Å². The number of nitrogens with zero attached hydrogens (tertiary/aromatic N) is 1. The highest BCUT2D eigenvalue weighted by molar-refractivity contribution is 5.61. The predicted octanol–water partition coefficient (Wildman–Crippen LogP) is 1.10. The summed E-state index contributed by atoms with van der Waals surface area (Å²) in [6, 6.07) is 3.50. The van der Waals surface area contributed by atoms with Gasteiger partial charge in [0, 0.05) is 6.20 Å². The number of rotatable bonds is 2. The van der Waals surface area contributed by atoms with Crippen LogP contribution in [0.1, 0.15) is 6.92 Å². The van der Waals surface area contributed by atoms with Crippen molar-refractivity contribution >= 4 is 11.5 Å². The maximum atomic E-state index is 5.63. The zero-order valence-corrected chi connectivity index (χ0v) is 6.91. The summed E-state index contributed by atoms with van der Waals surface area (Å²) in [6.45, 7) is 1.87. The number of nitrogens with two attached hydrogens (primary N) is 1. The minimum Gasteiger partial charge on any atom is -0.396 e. The minimum absolute atomic E-state index is 0.0535. The highest BCUT2D eigenvalue weighted by Crippen LogP contribution is 2.13. The average Bonchev–Trinajstić information content (AvgIpc) is 2.09. The smallest absolute Gasteiger partial charge is 0.150 e. The van der Waals surface area contributed by atoms with Crippen molar-refractivity contribution < 1.29 is 0 Å². The Labute approximate surface area is 72.0 Å². The molecule has 0 aromatic carbocycles. The number of nitrogens with one attached hydrogen (secondary N) is 1. The molecule has 1 aromatic rings. The molecule has 0 bridgehead atoms. The molecule has 3 heteroatoms. The minimum atomic E-state index is -0.0535. The summed E-state index contributed by atoms with van der Waals surface area (Å²) in [7, 11) is 0. The van der Waals surface area contributed by atoms with Gasteiger partial charge in [-0.2, -0.15) is 0 Å². The molecule has 3 nitrogen and oxygen atoms in total. The number of anilines is 2. The van der Waals surface area contributed by atoms with Crippen molar-refractivity contribution in [3.63, 3.8) is 0 Å². The van der Waals surface area contributed by atoms with Gasteiger partial charge in [-0.05, 0) is 19.1 Å². The van der Waals surface area contributed by atoms with Crippen molar-refractivity contribution in [2.24, 2.45) is 0 Å². The molecule has 0 aliphatic rings. The van der Waals surface area contributed by atoms with E-state index in [1.807, 2.05) is 6.92 Å². The van der Waals surface area contributed by atoms with Crippen LogP contribution in [0, 0.1) is 12.3 Å². The van der Waals surface area contributed by atoms with Crippen LogP contribution in [0.3, 0.4) is 0 Å². The van der Waals surface area contributed by atoms with Gasteiger partial charge in [0.15, 0.2) is 0 Å². The van der Waals surface area contributed by atoms with E-state index in [-0.39, 0.29) is 6.04 Å². The Bertz CT molecular complexity index is 301. The van der Waals surface area contributed by atoms with Crippen molar-refractivity contribution in [2.75, 3.05) is 11.1 Å². The summed E-state index contributed by atoms with van der Waals surface area (Å²) < 4.78 is 0. The van der Waals surface area contributed by atoms with Gasteiger partial charge in [-0.1, -0.05) is 5.92 Å². The Morgan fingerprint density at radius 3 is 3.08 bits per heavy atom. The van der Waals surface area contributed by atoms with Gasteiger partial charge in [0.2, 0.25) is 0 Å². The van der Waals surface area contributed by atoms with Gasteiger partial charge in [0.25, 0.3) is 0 Å². The zero-order chi connectivity index (χ0) is 8.97. The molecule has 3 N–H and O–H groups in total. The van der Waals surface area contributed by atoms with E-state index >= 15 is 0 Å².